The summed E-state index contributed by atoms with van der Waals surface area (Å²) >= 11 is 0. The van der Waals surface area contributed by atoms with Crippen LogP contribution >= 0.6 is 0 Å². The topological polar surface area (TPSA) is 29.3 Å². The summed E-state index contributed by atoms with van der Waals surface area (Å²) in [6.07, 6.45) is 5.05. The van der Waals surface area contributed by atoms with Crippen LogP contribution in [0.5, 0.6) is 0 Å². The minimum absolute atomic E-state index is 1.00. The van der Waals surface area contributed by atoms with Gasteiger partial charge in [0.15, 0.2) is 0 Å². The van der Waals surface area contributed by atoms with E-state index in [9.17, 15) is 0 Å². The van der Waals surface area contributed by atoms with E-state index < -0.39 is 0 Å². The number of hydrogen-bond acceptors (Lipinski definition) is 2. The monoisotopic (exact) mass is 189 g/mol. The van der Waals surface area contributed by atoms with Gasteiger partial charge < -0.3 is 9.72 Å². The lowest BCUT2D eigenvalue weighted by atomic mass is 10.1. The van der Waals surface area contributed by atoms with E-state index in [1.165, 1.54) is 11.1 Å². The largest absolute Gasteiger partial charge is 0.319 e. The molecule has 0 aromatic carbocycles. The second-order valence-corrected chi connectivity index (χ2v) is 3.45. The van der Waals surface area contributed by atoms with Crippen molar-refractivity contribution < 1.29 is 0 Å². The van der Waals surface area contributed by atoms with E-state index in [1.54, 1.807) is 0 Å². The van der Waals surface area contributed by atoms with E-state index in [0.29, 0.717) is 0 Å². The lowest BCUT2D eigenvalue weighted by Gasteiger charge is -2.03. The predicted octanol–water partition coefficient (Wildman–Crippen LogP) is 1.40. The van der Waals surface area contributed by atoms with Crippen molar-refractivity contribution in [2.45, 2.75) is 13.3 Å². The molecule has 2 rings (SSSR count). The smallest absolute Gasteiger partial charge is 0.110 e. The average Bonchev–Trinajstić information content (AvgIpc) is 2.58. The summed E-state index contributed by atoms with van der Waals surface area (Å²) in [4.78, 5) is 4.31. The van der Waals surface area contributed by atoms with Crippen LogP contribution in [0.3, 0.4) is 0 Å². The molecule has 0 saturated heterocycles. The first-order valence-corrected chi connectivity index (χ1v) is 4.89. The molecule has 2 aromatic rings. The number of aryl methyl sites for hydroxylation is 1. The third-order valence-corrected chi connectivity index (χ3v) is 2.49. The molecule has 0 aliphatic heterocycles. The van der Waals surface area contributed by atoms with Gasteiger partial charge in [-0.15, -0.1) is 0 Å². The van der Waals surface area contributed by atoms with Crippen molar-refractivity contribution in [1.29, 1.82) is 0 Å². The number of nitrogens with zero attached hydrogens (tertiary/aromatic N) is 2. The second kappa shape index (κ2) is 3.80. The Morgan fingerprint density at radius 3 is 3.14 bits per heavy atom. The van der Waals surface area contributed by atoms with E-state index >= 15 is 0 Å². The minimum Gasteiger partial charge on any atom is -0.319 e. The summed E-state index contributed by atoms with van der Waals surface area (Å²) < 4.78 is 2.13. The Hall–Kier alpha value is -1.35. The molecule has 0 aliphatic rings. The number of hydrogen-bond donors (Lipinski definition) is 1. The third-order valence-electron chi connectivity index (χ3n) is 2.49. The van der Waals surface area contributed by atoms with Gasteiger partial charge in [0, 0.05) is 6.20 Å². The molecule has 2 aromatic heterocycles. The summed E-state index contributed by atoms with van der Waals surface area (Å²) in [5, 5.41) is 3.16. The third kappa shape index (κ3) is 1.51. The average molecular weight is 189 g/mol. The highest BCUT2D eigenvalue weighted by atomic mass is 15.0. The maximum atomic E-state index is 4.31. The van der Waals surface area contributed by atoms with Crippen molar-refractivity contribution >= 4 is 5.52 Å². The number of pyridine rings is 1. The molecule has 3 nitrogen and oxygen atoms in total. The van der Waals surface area contributed by atoms with Gasteiger partial charge in [-0.05, 0) is 38.6 Å². The van der Waals surface area contributed by atoms with Gasteiger partial charge in [-0.1, -0.05) is 6.07 Å². The molecule has 0 bridgehead atoms. The van der Waals surface area contributed by atoms with Crippen molar-refractivity contribution in [3.63, 3.8) is 0 Å². The van der Waals surface area contributed by atoms with Gasteiger partial charge in [0.05, 0.1) is 11.7 Å². The van der Waals surface area contributed by atoms with E-state index in [0.717, 1.165) is 18.8 Å². The van der Waals surface area contributed by atoms with Gasteiger partial charge in [0.2, 0.25) is 0 Å². The summed E-state index contributed by atoms with van der Waals surface area (Å²) in [6.45, 7) is 3.03. The zero-order valence-electron chi connectivity index (χ0n) is 8.62. The molecule has 3 heteroatoms. The van der Waals surface area contributed by atoms with Crippen LogP contribution < -0.4 is 5.32 Å². The number of likely N-dealkylation sites (N-methyl/N-ethyl adjacent to an activating group) is 1. The van der Waals surface area contributed by atoms with E-state index in [1.807, 2.05) is 20.2 Å². The van der Waals surface area contributed by atoms with Gasteiger partial charge in [-0.25, -0.2) is 4.98 Å². The van der Waals surface area contributed by atoms with Crippen LogP contribution in [0.15, 0.2) is 24.5 Å². The number of imidazole rings is 1. The van der Waals surface area contributed by atoms with Crippen LogP contribution in [-0.2, 0) is 6.42 Å². The van der Waals surface area contributed by atoms with Crippen molar-refractivity contribution in [3.05, 3.63) is 35.9 Å². The fourth-order valence-corrected chi connectivity index (χ4v) is 1.68. The van der Waals surface area contributed by atoms with Crippen molar-refractivity contribution in [3.8, 4) is 0 Å². The highest BCUT2D eigenvalue weighted by molar-refractivity contribution is 5.54. The van der Waals surface area contributed by atoms with Crippen LogP contribution in [-0.4, -0.2) is 23.0 Å². The van der Waals surface area contributed by atoms with Crippen LogP contribution in [0.4, 0.5) is 0 Å². The first-order valence-electron chi connectivity index (χ1n) is 4.89. The van der Waals surface area contributed by atoms with Crippen molar-refractivity contribution in [2.24, 2.45) is 0 Å². The molecule has 0 atom stereocenters. The molecule has 1 N–H and O–H groups in total. The summed E-state index contributed by atoms with van der Waals surface area (Å²) in [7, 11) is 1.97. The lowest BCUT2D eigenvalue weighted by molar-refractivity contribution is 0.792. The number of nitrogens with one attached hydrogen (secondary N) is 1. The fourth-order valence-electron chi connectivity index (χ4n) is 1.68. The van der Waals surface area contributed by atoms with E-state index in [4.69, 9.17) is 0 Å². The molecule has 74 valence electrons. The quantitative estimate of drug-likeness (QED) is 0.791. The number of rotatable bonds is 3. The number of aromatic nitrogens is 2. The lowest BCUT2D eigenvalue weighted by Crippen LogP contribution is -2.10. The van der Waals surface area contributed by atoms with E-state index in [2.05, 4.69) is 33.0 Å². The van der Waals surface area contributed by atoms with Gasteiger partial charge >= 0.3 is 0 Å². The molecule has 0 fully saturated rings. The summed E-state index contributed by atoms with van der Waals surface area (Å²) in [5.74, 6) is 1.05. The maximum absolute atomic E-state index is 4.31. The molecule has 0 radical (unpaired) electrons. The molecular formula is C11H15N3. The molecular weight excluding hydrogens is 174 g/mol. The fraction of sp³-hybridized carbons (Fsp3) is 0.364. The molecule has 2 heterocycles. The highest BCUT2D eigenvalue weighted by Crippen LogP contribution is 2.12. The molecule has 0 amide bonds. The number of fused-ring (bicyclic) bond motifs is 1. The molecule has 0 unspecified atom stereocenters. The van der Waals surface area contributed by atoms with Crippen molar-refractivity contribution in [2.75, 3.05) is 13.6 Å². The van der Waals surface area contributed by atoms with Gasteiger partial charge in [0.1, 0.15) is 5.82 Å². The molecule has 14 heavy (non-hydrogen) atoms. The summed E-state index contributed by atoms with van der Waals surface area (Å²) in [6, 6.07) is 4.24. The van der Waals surface area contributed by atoms with Crippen LogP contribution in [0, 0.1) is 6.92 Å². The minimum atomic E-state index is 1.00. The van der Waals surface area contributed by atoms with Crippen LogP contribution in [0.1, 0.15) is 11.4 Å². The Morgan fingerprint density at radius 1 is 1.50 bits per heavy atom. The molecule has 0 saturated carbocycles. The first-order chi connectivity index (χ1) is 6.83. The van der Waals surface area contributed by atoms with E-state index in [-0.39, 0.29) is 0 Å². The Balaban J connectivity index is 2.44. The Morgan fingerprint density at radius 2 is 2.36 bits per heavy atom. The Bertz CT molecular complexity index is 431. The van der Waals surface area contributed by atoms with Crippen LogP contribution in [0.2, 0.25) is 0 Å². The zero-order chi connectivity index (χ0) is 9.97. The standard InChI is InChI=1S/C11H15N3/c1-9-13-8-11-10(5-6-12-2)4-3-7-14(9)11/h3-4,7-8,12H,5-6H2,1-2H3. The first kappa shape index (κ1) is 9.21. The van der Waals surface area contributed by atoms with Gasteiger partial charge in [-0.3, -0.25) is 0 Å². The Labute approximate surface area is 83.8 Å². The van der Waals surface area contributed by atoms with Crippen molar-refractivity contribution in [1.82, 2.24) is 14.7 Å². The van der Waals surface area contributed by atoms with Gasteiger partial charge in [-0.2, -0.15) is 0 Å². The summed E-state index contributed by atoms with van der Waals surface area (Å²) in [5.41, 5.74) is 2.57. The van der Waals surface area contributed by atoms with Crippen LogP contribution in [0.25, 0.3) is 5.52 Å². The molecule has 0 aliphatic carbocycles. The highest BCUT2D eigenvalue weighted by Gasteiger charge is 2.02. The molecule has 0 spiro atoms. The zero-order valence-corrected chi connectivity index (χ0v) is 8.62. The maximum Gasteiger partial charge on any atom is 0.110 e. The SMILES string of the molecule is CNCCc1cccn2c(C)ncc12. The van der Waals surface area contributed by atoms with Gasteiger partial charge in [0.25, 0.3) is 0 Å². The predicted molar refractivity (Wildman–Crippen MR) is 57.6 cm³/mol. The second-order valence-electron chi connectivity index (χ2n) is 3.45. The Kier molecular flexibility index (Phi) is 2.50. The normalized spacial score (nSPS) is 11.0.